The molecule has 1 amide bonds. The Morgan fingerprint density at radius 3 is 2.74 bits per heavy atom. The number of guanidine groups is 1. The summed E-state index contributed by atoms with van der Waals surface area (Å²) in [4.78, 5) is 20.5. The highest BCUT2D eigenvalue weighted by Gasteiger charge is 2.06. The zero-order valence-corrected chi connectivity index (χ0v) is 18.1. The minimum atomic E-state index is -0.170. The van der Waals surface area contributed by atoms with Crippen LogP contribution in [-0.4, -0.2) is 37.1 Å². The van der Waals surface area contributed by atoms with E-state index >= 15 is 0 Å². The third-order valence-corrected chi connectivity index (χ3v) is 3.56. The van der Waals surface area contributed by atoms with Crippen molar-refractivity contribution in [2.45, 2.75) is 20.4 Å². The fourth-order valence-corrected chi connectivity index (χ4v) is 2.29. The standard InChI is InChI=1S/C19H25N5O2.HI/c1-4-21-19(22-11-15-8-7-14(2)10-17(15)26-3)23-13-18(25)24-16-6-5-9-20-12-16;/h5-10,12H,4,11,13H2,1-3H3,(H,24,25)(H2,21,22,23);1H. The minimum absolute atomic E-state index is 0. The van der Waals surface area contributed by atoms with Gasteiger partial charge in [0.05, 0.1) is 32.1 Å². The molecule has 1 heterocycles. The summed E-state index contributed by atoms with van der Waals surface area (Å²) in [5.74, 6) is 1.20. The monoisotopic (exact) mass is 483 g/mol. The number of ether oxygens (including phenoxy) is 1. The quantitative estimate of drug-likeness (QED) is 0.320. The van der Waals surface area contributed by atoms with Gasteiger partial charge in [0.25, 0.3) is 0 Å². The number of aliphatic imine (C=N–C) groups is 1. The fraction of sp³-hybridized carbons (Fsp3) is 0.316. The van der Waals surface area contributed by atoms with Gasteiger partial charge in [-0.25, -0.2) is 4.99 Å². The summed E-state index contributed by atoms with van der Waals surface area (Å²) in [7, 11) is 1.65. The number of carbonyl (C=O) groups is 1. The van der Waals surface area contributed by atoms with E-state index in [1.807, 2.05) is 32.0 Å². The Labute approximate surface area is 177 Å². The van der Waals surface area contributed by atoms with Crippen LogP contribution in [0.2, 0.25) is 0 Å². The number of pyridine rings is 1. The summed E-state index contributed by atoms with van der Waals surface area (Å²) in [6.07, 6.45) is 3.25. The summed E-state index contributed by atoms with van der Waals surface area (Å²) >= 11 is 0. The van der Waals surface area contributed by atoms with Gasteiger partial charge >= 0.3 is 0 Å². The third kappa shape index (κ3) is 7.81. The lowest BCUT2D eigenvalue weighted by molar-refractivity contribution is -0.115. The molecule has 3 N–H and O–H groups in total. The van der Waals surface area contributed by atoms with E-state index in [0.717, 1.165) is 16.9 Å². The number of hydrogen-bond donors (Lipinski definition) is 3. The number of nitrogens with one attached hydrogen (secondary N) is 3. The average molecular weight is 483 g/mol. The van der Waals surface area contributed by atoms with E-state index in [2.05, 4.69) is 25.9 Å². The highest BCUT2D eigenvalue weighted by molar-refractivity contribution is 14.0. The van der Waals surface area contributed by atoms with E-state index in [1.165, 1.54) is 0 Å². The van der Waals surface area contributed by atoms with E-state index in [4.69, 9.17) is 4.74 Å². The highest BCUT2D eigenvalue weighted by atomic mass is 127. The largest absolute Gasteiger partial charge is 0.496 e. The first kappa shape index (κ1) is 22.7. The zero-order valence-electron chi connectivity index (χ0n) is 15.8. The number of carbonyl (C=O) groups excluding carboxylic acids is 1. The summed E-state index contributed by atoms with van der Waals surface area (Å²) in [5, 5.41) is 8.92. The number of hydrogen-bond acceptors (Lipinski definition) is 4. The second kappa shape index (κ2) is 12.1. The fourth-order valence-electron chi connectivity index (χ4n) is 2.29. The molecule has 0 radical (unpaired) electrons. The summed E-state index contributed by atoms with van der Waals surface area (Å²) in [5.41, 5.74) is 2.77. The molecule has 7 nitrogen and oxygen atoms in total. The van der Waals surface area contributed by atoms with E-state index in [-0.39, 0.29) is 36.4 Å². The molecule has 0 aliphatic carbocycles. The van der Waals surface area contributed by atoms with E-state index < -0.39 is 0 Å². The summed E-state index contributed by atoms with van der Waals surface area (Å²) in [6, 6.07) is 9.55. The van der Waals surface area contributed by atoms with Crippen molar-refractivity contribution in [3.63, 3.8) is 0 Å². The molecule has 0 atom stereocenters. The number of amides is 1. The Morgan fingerprint density at radius 1 is 1.26 bits per heavy atom. The number of rotatable bonds is 7. The molecular weight excluding hydrogens is 457 g/mol. The minimum Gasteiger partial charge on any atom is -0.496 e. The average Bonchev–Trinajstić information content (AvgIpc) is 2.65. The molecule has 8 heteroatoms. The molecule has 0 unspecified atom stereocenters. The van der Waals surface area contributed by atoms with Crippen LogP contribution >= 0.6 is 24.0 Å². The van der Waals surface area contributed by atoms with E-state index in [9.17, 15) is 4.79 Å². The van der Waals surface area contributed by atoms with Crippen LogP contribution in [-0.2, 0) is 11.3 Å². The molecule has 2 rings (SSSR count). The van der Waals surface area contributed by atoms with Gasteiger partial charge in [-0.05, 0) is 37.6 Å². The second-order valence-electron chi connectivity index (χ2n) is 5.65. The predicted molar refractivity (Wildman–Crippen MR) is 119 cm³/mol. The van der Waals surface area contributed by atoms with Gasteiger partial charge in [-0.15, -0.1) is 24.0 Å². The van der Waals surface area contributed by atoms with Crippen molar-refractivity contribution in [2.24, 2.45) is 4.99 Å². The van der Waals surface area contributed by atoms with Crippen LogP contribution in [0.3, 0.4) is 0 Å². The number of nitrogens with zero attached hydrogens (tertiary/aromatic N) is 2. The first-order valence-electron chi connectivity index (χ1n) is 8.48. The number of anilines is 1. The molecule has 0 aliphatic heterocycles. The summed E-state index contributed by atoms with van der Waals surface area (Å²) in [6.45, 7) is 5.23. The van der Waals surface area contributed by atoms with Gasteiger partial charge < -0.3 is 20.7 Å². The molecule has 0 aliphatic rings. The molecule has 1 aromatic carbocycles. The van der Waals surface area contributed by atoms with Gasteiger partial charge in [-0.1, -0.05) is 12.1 Å². The number of aryl methyl sites for hydroxylation is 1. The maximum Gasteiger partial charge on any atom is 0.243 e. The Hall–Kier alpha value is -2.36. The maximum absolute atomic E-state index is 12.0. The van der Waals surface area contributed by atoms with Crippen LogP contribution in [0.15, 0.2) is 47.7 Å². The van der Waals surface area contributed by atoms with Crippen LogP contribution in [0.25, 0.3) is 0 Å². The van der Waals surface area contributed by atoms with Crippen molar-refractivity contribution in [2.75, 3.05) is 25.5 Å². The van der Waals surface area contributed by atoms with Gasteiger partial charge in [0, 0.05) is 18.3 Å². The molecule has 27 heavy (non-hydrogen) atoms. The molecule has 2 aromatic rings. The van der Waals surface area contributed by atoms with Gasteiger partial charge in [0.15, 0.2) is 5.96 Å². The normalized spacial score (nSPS) is 10.6. The lowest BCUT2D eigenvalue weighted by Gasteiger charge is -2.12. The number of benzene rings is 1. The molecule has 146 valence electrons. The Morgan fingerprint density at radius 2 is 2.07 bits per heavy atom. The van der Waals surface area contributed by atoms with Gasteiger partial charge in [0.1, 0.15) is 5.75 Å². The van der Waals surface area contributed by atoms with Crippen LogP contribution in [0.1, 0.15) is 18.1 Å². The van der Waals surface area contributed by atoms with Gasteiger partial charge in [-0.2, -0.15) is 0 Å². The molecule has 0 spiro atoms. The van der Waals surface area contributed by atoms with Crippen LogP contribution in [0, 0.1) is 6.92 Å². The molecule has 0 saturated heterocycles. The van der Waals surface area contributed by atoms with Crippen LogP contribution in [0.5, 0.6) is 5.75 Å². The van der Waals surface area contributed by atoms with E-state index in [0.29, 0.717) is 24.7 Å². The first-order chi connectivity index (χ1) is 12.6. The Kier molecular flexibility index (Phi) is 10.2. The van der Waals surface area contributed by atoms with Crippen molar-refractivity contribution >= 4 is 41.5 Å². The number of methoxy groups -OCH3 is 1. The molecular formula is C19H26IN5O2. The molecule has 0 fully saturated rings. The van der Waals surface area contributed by atoms with Crippen molar-refractivity contribution < 1.29 is 9.53 Å². The molecule has 0 bridgehead atoms. The maximum atomic E-state index is 12.0. The Bertz CT molecular complexity index is 753. The van der Waals surface area contributed by atoms with Crippen molar-refractivity contribution in [3.8, 4) is 5.75 Å². The SMILES string of the molecule is CCNC(=NCc1ccc(C)cc1OC)NCC(=O)Nc1cccnc1.I. The lowest BCUT2D eigenvalue weighted by atomic mass is 10.1. The second-order valence-corrected chi connectivity index (χ2v) is 5.65. The van der Waals surface area contributed by atoms with Crippen LogP contribution < -0.4 is 20.7 Å². The van der Waals surface area contributed by atoms with Gasteiger partial charge in [-0.3, -0.25) is 9.78 Å². The number of halogens is 1. The first-order valence-corrected chi connectivity index (χ1v) is 8.48. The van der Waals surface area contributed by atoms with Gasteiger partial charge in [0.2, 0.25) is 5.91 Å². The van der Waals surface area contributed by atoms with E-state index in [1.54, 1.807) is 31.6 Å². The van der Waals surface area contributed by atoms with Crippen LogP contribution in [0.4, 0.5) is 5.69 Å². The lowest BCUT2D eigenvalue weighted by Crippen LogP contribution is -2.41. The zero-order chi connectivity index (χ0) is 18.8. The molecule has 0 saturated carbocycles. The number of aromatic nitrogens is 1. The smallest absolute Gasteiger partial charge is 0.243 e. The third-order valence-electron chi connectivity index (χ3n) is 3.56. The predicted octanol–water partition coefficient (Wildman–Crippen LogP) is 2.71. The Balaban J connectivity index is 0.00000364. The molecule has 1 aromatic heterocycles. The highest BCUT2D eigenvalue weighted by Crippen LogP contribution is 2.20. The van der Waals surface area contributed by atoms with Crippen molar-refractivity contribution in [1.82, 2.24) is 15.6 Å². The summed E-state index contributed by atoms with van der Waals surface area (Å²) < 4.78 is 5.40. The topological polar surface area (TPSA) is 87.6 Å². The van der Waals surface area contributed by atoms with Crippen molar-refractivity contribution in [1.29, 1.82) is 0 Å². The van der Waals surface area contributed by atoms with Crippen molar-refractivity contribution in [3.05, 3.63) is 53.9 Å².